The van der Waals surface area contributed by atoms with Crippen LogP contribution in [0.15, 0.2) is 188 Å². The summed E-state index contributed by atoms with van der Waals surface area (Å²) in [4.78, 5) is 2.37. The minimum atomic E-state index is -1.34. The summed E-state index contributed by atoms with van der Waals surface area (Å²) >= 11 is 0. The summed E-state index contributed by atoms with van der Waals surface area (Å²) in [5, 5.41) is 6.47. The summed E-state index contributed by atoms with van der Waals surface area (Å²) < 4.78 is 2.37. The molecule has 0 saturated heterocycles. The van der Waals surface area contributed by atoms with Crippen LogP contribution in [0.1, 0.15) is 0 Å². The van der Waals surface area contributed by atoms with E-state index in [2.05, 4.69) is 217 Å². The number of fused-ring (bicyclic) bond motifs is 4. The fourth-order valence-corrected chi connectivity index (χ4v) is 8.71. The van der Waals surface area contributed by atoms with Gasteiger partial charge in [-0.25, -0.2) is 0 Å². The topological polar surface area (TPSA) is 8.17 Å². The van der Waals surface area contributed by atoms with Crippen LogP contribution < -0.4 is 10.1 Å². The SMILES string of the molecule is C[Si](C)(C)c1ccc(-c2ccc(N(c3ccc(-c4ccc5c(c4)c4ccccc4n5-c4ccccc4)cc3)c3ccc4ccccc4c3)cc2)cc1. The standard InChI is InChI=1S/C49H40N2Si/c1-52(2,3)45-30-22-37(23-31-45)36-17-25-42(26-18-36)50(44-29-21-35-11-7-8-12-39(35)33-44)43-27-19-38(20-28-43)40-24-32-49-47(34-40)46-15-9-10-16-48(46)51(49)41-13-5-4-6-14-41/h4-34H,1-3H3. The number of para-hydroxylation sites is 2. The van der Waals surface area contributed by atoms with Crippen molar-refractivity contribution in [2.24, 2.45) is 0 Å². The van der Waals surface area contributed by atoms with Gasteiger partial charge in [0.15, 0.2) is 0 Å². The number of hydrogen-bond donors (Lipinski definition) is 0. The zero-order valence-corrected chi connectivity index (χ0v) is 30.8. The molecule has 52 heavy (non-hydrogen) atoms. The van der Waals surface area contributed by atoms with Gasteiger partial charge in [-0.05, 0) is 99.8 Å². The number of hydrogen-bond acceptors (Lipinski definition) is 1. The lowest BCUT2D eigenvalue weighted by atomic mass is 10.0. The van der Waals surface area contributed by atoms with Crippen molar-refractivity contribution < 1.29 is 0 Å². The van der Waals surface area contributed by atoms with Crippen LogP contribution in [0, 0.1) is 0 Å². The number of anilines is 3. The summed E-state index contributed by atoms with van der Waals surface area (Å²) in [5.74, 6) is 0. The van der Waals surface area contributed by atoms with Gasteiger partial charge in [-0.15, -0.1) is 0 Å². The van der Waals surface area contributed by atoms with E-state index in [1.807, 2.05) is 0 Å². The molecule has 1 heterocycles. The van der Waals surface area contributed by atoms with E-state index in [4.69, 9.17) is 0 Å². The van der Waals surface area contributed by atoms with Gasteiger partial charge >= 0.3 is 0 Å². The maximum absolute atomic E-state index is 2.40. The Balaban J connectivity index is 1.10. The fourth-order valence-electron chi connectivity index (χ4n) is 7.54. The van der Waals surface area contributed by atoms with Gasteiger partial charge in [-0.1, -0.05) is 146 Å². The Hall–Kier alpha value is -6.16. The van der Waals surface area contributed by atoms with E-state index in [9.17, 15) is 0 Å². The van der Waals surface area contributed by atoms with Crippen LogP contribution in [0.25, 0.3) is 60.5 Å². The molecule has 0 saturated carbocycles. The molecule has 0 aliphatic rings. The highest BCUT2D eigenvalue weighted by Crippen LogP contribution is 2.39. The van der Waals surface area contributed by atoms with Gasteiger partial charge in [0.2, 0.25) is 0 Å². The van der Waals surface area contributed by atoms with Crippen LogP contribution in [0.3, 0.4) is 0 Å². The van der Waals surface area contributed by atoms with E-state index in [-0.39, 0.29) is 0 Å². The average Bonchev–Trinajstić information content (AvgIpc) is 3.52. The molecule has 0 aliphatic heterocycles. The van der Waals surface area contributed by atoms with Gasteiger partial charge in [0.1, 0.15) is 0 Å². The highest BCUT2D eigenvalue weighted by Gasteiger charge is 2.18. The van der Waals surface area contributed by atoms with Gasteiger partial charge in [-0.3, -0.25) is 0 Å². The number of nitrogens with zero attached hydrogens (tertiary/aromatic N) is 2. The fraction of sp³-hybridized carbons (Fsp3) is 0.0612. The third-order valence-corrected chi connectivity index (χ3v) is 12.4. The molecule has 0 atom stereocenters. The Morgan fingerprint density at radius 3 is 1.58 bits per heavy atom. The van der Waals surface area contributed by atoms with Gasteiger partial charge < -0.3 is 9.47 Å². The van der Waals surface area contributed by atoms with Crippen molar-refractivity contribution >= 4 is 62.9 Å². The van der Waals surface area contributed by atoms with Crippen molar-refractivity contribution in [2.45, 2.75) is 19.6 Å². The van der Waals surface area contributed by atoms with E-state index >= 15 is 0 Å². The molecule has 9 aromatic rings. The summed E-state index contributed by atoms with van der Waals surface area (Å²) in [7, 11) is -1.34. The summed E-state index contributed by atoms with van der Waals surface area (Å²) in [5.41, 5.74) is 11.9. The zero-order chi connectivity index (χ0) is 35.2. The van der Waals surface area contributed by atoms with E-state index in [0.29, 0.717) is 0 Å². The number of rotatable bonds is 7. The van der Waals surface area contributed by atoms with Crippen LogP contribution in [0.5, 0.6) is 0 Å². The second kappa shape index (κ2) is 12.9. The Bertz CT molecular complexity index is 2680. The largest absolute Gasteiger partial charge is 0.310 e. The first-order valence-corrected chi connectivity index (χ1v) is 21.6. The van der Waals surface area contributed by atoms with Crippen molar-refractivity contribution in [3.8, 4) is 27.9 Å². The second-order valence-electron chi connectivity index (χ2n) is 14.7. The monoisotopic (exact) mass is 684 g/mol. The first-order valence-electron chi connectivity index (χ1n) is 18.1. The summed E-state index contributed by atoms with van der Waals surface area (Å²) in [6, 6.07) is 68.8. The molecule has 8 aromatic carbocycles. The maximum atomic E-state index is 2.40. The Labute approximate surface area is 306 Å². The normalized spacial score (nSPS) is 11.8. The minimum absolute atomic E-state index is 1.12. The van der Waals surface area contributed by atoms with Gasteiger partial charge in [0, 0.05) is 33.5 Å². The second-order valence-corrected chi connectivity index (χ2v) is 19.8. The molecule has 0 spiro atoms. The van der Waals surface area contributed by atoms with Crippen molar-refractivity contribution in [1.82, 2.24) is 4.57 Å². The molecule has 0 N–H and O–H groups in total. The highest BCUT2D eigenvalue weighted by atomic mass is 28.3. The molecular weight excluding hydrogens is 645 g/mol. The van der Waals surface area contributed by atoms with Crippen molar-refractivity contribution in [2.75, 3.05) is 4.90 Å². The van der Waals surface area contributed by atoms with Gasteiger partial charge in [0.05, 0.1) is 19.1 Å². The first kappa shape index (κ1) is 31.8. The Morgan fingerprint density at radius 1 is 0.385 bits per heavy atom. The molecule has 1 aromatic heterocycles. The number of aromatic nitrogens is 1. The van der Waals surface area contributed by atoms with Crippen molar-refractivity contribution in [3.63, 3.8) is 0 Å². The zero-order valence-electron chi connectivity index (χ0n) is 29.8. The van der Waals surface area contributed by atoms with Crippen LogP contribution in [-0.4, -0.2) is 12.6 Å². The molecule has 0 fully saturated rings. The Kier molecular flexibility index (Phi) is 7.87. The maximum Gasteiger partial charge on any atom is 0.0775 e. The van der Waals surface area contributed by atoms with E-state index in [0.717, 1.165) is 17.1 Å². The predicted molar refractivity (Wildman–Crippen MR) is 227 cm³/mol. The summed E-state index contributed by atoms with van der Waals surface area (Å²) in [6.07, 6.45) is 0. The van der Waals surface area contributed by atoms with Crippen LogP contribution in [-0.2, 0) is 0 Å². The quantitative estimate of drug-likeness (QED) is 0.152. The van der Waals surface area contributed by atoms with E-state index in [1.165, 1.54) is 65.7 Å². The van der Waals surface area contributed by atoms with E-state index < -0.39 is 8.07 Å². The van der Waals surface area contributed by atoms with Crippen LogP contribution in [0.4, 0.5) is 17.1 Å². The van der Waals surface area contributed by atoms with Crippen molar-refractivity contribution in [1.29, 1.82) is 0 Å². The van der Waals surface area contributed by atoms with Crippen LogP contribution in [0.2, 0.25) is 19.6 Å². The molecule has 3 heteroatoms. The molecule has 0 bridgehead atoms. The minimum Gasteiger partial charge on any atom is -0.310 e. The summed E-state index contributed by atoms with van der Waals surface area (Å²) in [6.45, 7) is 7.19. The molecule has 250 valence electrons. The lowest BCUT2D eigenvalue weighted by Gasteiger charge is -2.26. The number of benzene rings is 8. The molecule has 0 amide bonds. The molecule has 9 rings (SSSR count). The highest BCUT2D eigenvalue weighted by molar-refractivity contribution is 6.88. The third-order valence-electron chi connectivity index (χ3n) is 10.3. The van der Waals surface area contributed by atoms with E-state index in [1.54, 1.807) is 0 Å². The smallest absolute Gasteiger partial charge is 0.0775 e. The van der Waals surface area contributed by atoms with Crippen molar-refractivity contribution in [3.05, 3.63) is 188 Å². The predicted octanol–water partition coefficient (Wildman–Crippen LogP) is 13.3. The third kappa shape index (κ3) is 5.79. The van der Waals surface area contributed by atoms with Gasteiger partial charge in [0.25, 0.3) is 0 Å². The lowest BCUT2D eigenvalue weighted by molar-refractivity contribution is 1.18. The average molecular weight is 685 g/mol. The molecule has 0 unspecified atom stereocenters. The first-order chi connectivity index (χ1) is 25.4. The Morgan fingerprint density at radius 2 is 0.904 bits per heavy atom. The molecular formula is C49H40N2Si. The lowest BCUT2D eigenvalue weighted by Crippen LogP contribution is -2.37. The molecule has 2 nitrogen and oxygen atoms in total. The molecule has 0 aliphatic carbocycles. The van der Waals surface area contributed by atoms with Gasteiger partial charge in [-0.2, -0.15) is 0 Å². The van der Waals surface area contributed by atoms with Crippen LogP contribution >= 0.6 is 0 Å². The molecule has 0 radical (unpaired) electrons.